The number of carbonyl (C=O) groups excluding carboxylic acids is 6. The van der Waals surface area contributed by atoms with Gasteiger partial charge in [-0.05, 0) is 125 Å². The van der Waals surface area contributed by atoms with Gasteiger partial charge in [0, 0.05) is 88.5 Å². The molecule has 0 spiro atoms. The zero-order valence-corrected chi connectivity index (χ0v) is 64.4. The highest BCUT2D eigenvalue weighted by molar-refractivity contribution is 6.45. The number of hydrogen-bond donors (Lipinski definition) is 6. The summed E-state index contributed by atoms with van der Waals surface area (Å²) in [6.45, 7) is 6.42. The molecule has 115 heavy (non-hydrogen) atoms. The van der Waals surface area contributed by atoms with Gasteiger partial charge in [-0.3, -0.25) is 28.8 Å². The number of likely N-dealkylation sites (N-methyl/N-ethyl adjacent to an activating group) is 3. The highest BCUT2D eigenvalue weighted by Gasteiger charge is 2.37. The number of hydrogen-bond acceptors (Lipinski definition) is 22. The van der Waals surface area contributed by atoms with E-state index in [1.54, 1.807) is 95.7 Å². The average molecular weight is 1550 g/mol. The van der Waals surface area contributed by atoms with Crippen molar-refractivity contribution < 1.29 is 67.3 Å². The van der Waals surface area contributed by atoms with Gasteiger partial charge in [0.25, 0.3) is 35.4 Å². The van der Waals surface area contributed by atoms with Crippen LogP contribution in [0.5, 0.6) is 17.2 Å². The molecule has 1 aliphatic carbocycles. The lowest BCUT2D eigenvalue weighted by atomic mass is 9.85. The number of nitrogens with zero attached hydrogens (tertiary/aromatic N) is 11. The van der Waals surface area contributed by atoms with Gasteiger partial charge in [0.2, 0.25) is 0 Å². The van der Waals surface area contributed by atoms with Crippen molar-refractivity contribution in [1.29, 1.82) is 0 Å². The zero-order chi connectivity index (χ0) is 81.0. The van der Waals surface area contributed by atoms with Crippen LogP contribution < -0.4 is 44.9 Å². The summed E-state index contributed by atoms with van der Waals surface area (Å²) >= 11 is 0. The first-order chi connectivity index (χ1) is 55.3. The maximum absolute atomic E-state index is 13.2. The maximum atomic E-state index is 13.2. The van der Waals surface area contributed by atoms with Crippen LogP contribution >= 0.6 is 0 Å². The molecule has 6 amide bonds. The van der Waals surface area contributed by atoms with Crippen molar-refractivity contribution in [2.45, 2.75) is 133 Å². The molecule has 0 unspecified atom stereocenters. The minimum absolute atomic E-state index is 0.00228. The molecule has 5 atom stereocenters. The molecular formula is C87H84N14O14. The van der Waals surface area contributed by atoms with E-state index in [4.69, 9.17) is 23.3 Å². The molecule has 1 fully saturated rings. The van der Waals surface area contributed by atoms with E-state index in [2.05, 4.69) is 92.4 Å². The van der Waals surface area contributed by atoms with Crippen LogP contribution in [0.4, 0.5) is 17.1 Å². The molecule has 15 rings (SSSR count). The lowest BCUT2D eigenvalue weighted by molar-refractivity contribution is -0.125. The Morgan fingerprint density at radius 3 is 1.10 bits per heavy atom. The van der Waals surface area contributed by atoms with Crippen molar-refractivity contribution in [2.24, 2.45) is 30.6 Å². The number of amides is 6. The molecule has 0 saturated heterocycles. The van der Waals surface area contributed by atoms with E-state index in [-0.39, 0.29) is 54.7 Å². The summed E-state index contributed by atoms with van der Waals surface area (Å²) < 4.78 is 27.7. The molecule has 8 heterocycles. The summed E-state index contributed by atoms with van der Waals surface area (Å²) in [5.74, 6) is 17.8. The van der Waals surface area contributed by atoms with Gasteiger partial charge >= 0.3 is 0 Å². The van der Waals surface area contributed by atoms with Gasteiger partial charge in [0.05, 0.1) is 34.2 Å². The van der Waals surface area contributed by atoms with E-state index in [0.717, 1.165) is 53.1 Å². The second-order valence-electron chi connectivity index (χ2n) is 29.0. The fourth-order valence-electron chi connectivity index (χ4n) is 13.3. The number of aromatic nitrogens is 2. The predicted octanol–water partition coefficient (Wildman–Crippen LogP) is 8.07. The van der Waals surface area contributed by atoms with Gasteiger partial charge in [-0.25, -0.2) is 0 Å². The quantitative estimate of drug-likeness (QED) is 0.0560. The first kappa shape index (κ1) is 79.6. The fourth-order valence-corrected chi connectivity index (χ4v) is 13.3. The summed E-state index contributed by atoms with van der Waals surface area (Å²) in [4.78, 5) is 82.7. The Bertz CT molecular complexity index is 5240. The van der Waals surface area contributed by atoms with Crippen molar-refractivity contribution >= 4 is 86.8 Å². The molecule has 586 valence electrons. The van der Waals surface area contributed by atoms with Gasteiger partial charge in [0.15, 0.2) is 11.2 Å². The normalized spacial score (nSPS) is 18.8. The van der Waals surface area contributed by atoms with E-state index in [0.29, 0.717) is 125 Å². The Kier molecular flexibility index (Phi) is 24.3. The lowest BCUT2D eigenvalue weighted by Gasteiger charge is -2.26. The smallest absolute Gasteiger partial charge is 0.268 e. The average Bonchev–Trinajstić information content (AvgIpc) is 1.70. The lowest BCUT2D eigenvalue weighted by Crippen LogP contribution is -2.51. The standard InChI is InChI=1S/2C29H27N5O5.C29H30N4O4/c2*1-18-13-26(33-39-18)29(2,37)12-11-20-9-10-25-24(15-20)34(3)28(36)23(17-38-25)30-27(35)22-16-21(31-32-22)14-19-7-5-4-6-8-19;1-33-25-17-21(12-15-29(36)13-6-3-7-14-29)10-11-26(25)37-19-24(28(33)35)30-27(34)23-18-22(31-32-23)16-20-8-4-2-5-9-20/h2*4-10,13,15,23,37H,14,16-17H2,1-3H3,(H,30,35);2,4-5,8-11,17,24,36H,3,6-7,13-14,16,18-19H2,1H3,(H,30,34)/t23-,29+;23-,29-;24-/m000/s1. The highest BCUT2D eigenvalue weighted by atomic mass is 16.5. The molecule has 0 radical (unpaired) electrons. The summed E-state index contributed by atoms with van der Waals surface area (Å²) in [5, 5.41) is 72.6. The van der Waals surface area contributed by atoms with E-state index >= 15 is 0 Å². The molecule has 6 N–H and O–H groups in total. The van der Waals surface area contributed by atoms with Crippen molar-refractivity contribution in [2.75, 3.05) is 55.7 Å². The fraction of sp³-hybridized carbons (Fsp3) is 0.310. The number of aryl methyl sites for hydroxylation is 2. The van der Waals surface area contributed by atoms with Crippen molar-refractivity contribution in [3.8, 4) is 52.8 Å². The van der Waals surface area contributed by atoms with Crippen LogP contribution in [-0.4, -0.2) is 160 Å². The topological polar surface area (TPSA) is 363 Å². The van der Waals surface area contributed by atoms with Crippen LogP contribution in [0.1, 0.15) is 122 Å². The Morgan fingerprint density at radius 2 is 0.783 bits per heavy atom. The summed E-state index contributed by atoms with van der Waals surface area (Å²) in [6.07, 6.45) is 7.22. The van der Waals surface area contributed by atoms with Crippen LogP contribution in [0.15, 0.2) is 197 Å². The zero-order valence-electron chi connectivity index (χ0n) is 64.4. The van der Waals surface area contributed by atoms with Crippen LogP contribution in [0.25, 0.3) is 0 Å². The first-order valence-electron chi connectivity index (χ1n) is 37.5. The largest absolute Gasteiger partial charge is 0.489 e. The van der Waals surface area contributed by atoms with Crippen molar-refractivity contribution in [1.82, 2.24) is 26.3 Å². The Labute approximate surface area is 663 Å². The molecule has 6 aliphatic heterocycles. The number of rotatable bonds is 14. The molecule has 1 saturated carbocycles. The summed E-state index contributed by atoms with van der Waals surface area (Å²) in [7, 11) is 4.86. The second kappa shape index (κ2) is 35.1. The third kappa shape index (κ3) is 19.9. The molecule has 28 nitrogen and oxygen atoms in total. The Morgan fingerprint density at radius 1 is 0.461 bits per heavy atom. The van der Waals surface area contributed by atoms with E-state index in [1.165, 1.54) is 28.5 Å². The van der Waals surface area contributed by atoms with E-state index in [9.17, 15) is 44.1 Å². The number of nitrogens with one attached hydrogen (secondary N) is 3. The Balaban J connectivity index is 0.000000150. The number of anilines is 3. The van der Waals surface area contributed by atoms with Crippen LogP contribution in [0, 0.1) is 49.4 Å². The highest BCUT2D eigenvalue weighted by Crippen LogP contribution is 2.36. The van der Waals surface area contributed by atoms with Gasteiger partial charge in [-0.2, -0.15) is 15.3 Å². The molecule has 28 heteroatoms. The first-order valence-corrected chi connectivity index (χ1v) is 37.5. The molecule has 8 aromatic rings. The number of fused-ring (bicyclic) bond motifs is 3. The molecular weight excluding hydrogens is 1470 g/mol. The predicted molar refractivity (Wildman–Crippen MR) is 431 cm³/mol. The molecule has 7 aliphatic rings. The van der Waals surface area contributed by atoms with Gasteiger partial charge in [-0.1, -0.05) is 143 Å². The summed E-state index contributed by atoms with van der Waals surface area (Å²) in [5.41, 5.74) is 6.40. The number of ether oxygens (including phenoxy) is 3. The number of carbonyl (C=O) groups is 6. The van der Waals surface area contributed by atoms with Crippen LogP contribution in [-0.2, 0) is 59.2 Å². The number of benzene rings is 6. The van der Waals surface area contributed by atoms with Crippen LogP contribution in [0.3, 0.4) is 0 Å². The Hall–Kier alpha value is -13.5. The number of aliphatic hydroxyl groups is 3. The summed E-state index contributed by atoms with van der Waals surface area (Å²) in [6, 6.07) is 45.7. The molecule has 2 aromatic heterocycles. The van der Waals surface area contributed by atoms with Crippen molar-refractivity contribution in [3.63, 3.8) is 0 Å². The molecule has 0 bridgehead atoms. The maximum Gasteiger partial charge on any atom is 0.268 e. The minimum Gasteiger partial charge on any atom is -0.489 e. The van der Waals surface area contributed by atoms with Crippen LogP contribution in [0.2, 0.25) is 0 Å². The third-order valence-corrected chi connectivity index (χ3v) is 19.8. The monoisotopic (exact) mass is 1550 g/mol. The van der Waals surface area contributed by atoms with Gasteiger partial charge < -0.3 is 69.2 Å². The SMILES string of the molecule is CN1C(=O)[C@@H](NC(=O)C2=NN=C(Cc3ccccc3)C2)COc2ccc(C#CC3(O)CCCCC3)cc21.Cc1cc([C@@](C)(O)C#Cc2ccc3c(c2)N(C)C(=O)[C@@H](NC(=O)C2=NN=C(Cc4ccccc4)C2)CO3)no1.Cc1cc([C@](C)(O)C#Cc2ccc3c(c2)N(C)C(=O)[C@@H](NC(=O)C2=NN=C(Cc4ccccc4)C2)CO3)no1. The third-order valence-electron chi connectivity index (χ3n) is 19.8. The van der Waals surface area contributed by atoms with E-state index < -0.39 is 52.7 Å². The second-order valence-corrected chi connectivity index (χ2v) is 29.0. The van der Waals surface area contributed by atoms with Gasteiger partial charge in [-0.15, -0.1) is 15.3 Å². The minimum atomic E-state index is -1.52. The van der Waals surface area contributed by atoms with Gasteiger partial charge in [0.1, 0.15) is 101 Å². The van der Waals surface area contributed by atoms with E-state index in [1.807, 2.05) is 97.1 Å². The van der Waals surface area contributed by atoms with Crippen molar-refractivity contribution in [3.05, 3.63) is 214 Å². The molecule has 6 aromatic carbocycles.